The highest BCUT2D eigenvalue weighted by atomic mass is 32.1. The van der Waals surface area contributed by atoms with Crippen molar-refractivity contribution in [3.8, 4) is 0 Å². The number of hydrogen-bond donors (Lipinski definition) is 0. The maximum atomic E-state index is 13.4. The van der Waals surface area contributed by atoms with Crippen LogP contribution in [0, 0.1) is 17.0 Å². The molecule has 1 amide bonds. The van der Waals surface area contributed by atoms with Crippen LogP contribution < -0.4 is 4.90 Å². The van der Waals surface area contributed by atoms with Crippen molar-refractivity contribution in [3.05, 3.63) is 63.7 Å². The van der Waals surface area contributed by atoms with E-state index in [0.717, 1.165) is 28.9 Å². The van der Waals surface area contributed by atoms with E-state index in [0.29, 0.717) is 18.2 Å². The van der Waals surface area contributed by atoms with Gasteiger partial charge in [-0.2, -0.15) is 0 Å². The summed E-state index contributed by atoms with van der Waals surface area (Å²) in [6.45, 7) is 8.94. The van der Waals surface area contributed by atoms with Crippen molar-refractivity contribution >= 4 is 38.3 Å². The lowest BCUT2D eigenvalue weighted by atomic mass is 10.1. The van der Waals surface area contributed by atoms with Gasteiger partial charge in [0.1, 0.15) is 5.56 Å². The number of anilines is 1. The molecule has 3 rings (SSSR count). The van der Waals surface area contributed by atoms with Gasteiger partial charge in [0.25, 0.3) is 11.6 Å². The Bertz CT molecular complexity index is 1030. The van der Waals surface area contributed by atoms with Crippen molar-refractivity contribution in [1.29, 1.82) is 0 Å². The monoisotopic (exact) mass is 412 g/mol. The number of amides is 1. The number of carbonyl (C=O) groups is 1. The number of para-hydroxylation sites is 1. The number of hydrogen-bond acceptors (Lipinski definition) is 6. The Balaban J connectivity index is 2.02. The van der Waals surface area contributed by atoms with Gasteiger partial charge in [0.2, 0.25) is 0 Å². The van der Waals surface area contributed by atoms with Gasteiger partial charge in [-0.05, 0) is 43.8 Å². The number of benzene rings is 2. The summed E-state index contributed by atoms with van der Waals surface area (Å²) in [4.78, 5) is 32.7. The molecule has 0 saturated heterocycles. The Morgan fingerprint density at radius 2 is 1.86 bits per heavy atom. The number of nitro benzene ring substituents is 1. The van der Waals surface area contributed by atoms with Crippen molar-refractivity contribution < 1.29 is 9.72 Å². The molecule has 29 heavy (non-hydrogen) atoms. The zero-order chi connectivity index (χ0) is 21.0. The molecular weight excluding hydrogens is 388 g/mol. The second-order valence-electron chi connectivity index (χ2n) is 6.73. The van der Waals surface area contributed by atoms with Crippen molar-refractivity contribution in [2.75, 3.05) is 31.1 Å². The van der Waals surface area contributed by atoms with E-state index in [1.54, 1.807) is 17.0 Å². The van der Waals surface area contributed by atoms with Gasteiger partial charge in [0.05, 0.1) is 15.1 Å². The Labute approximate surface area is 173 Å². The Kier molecular flexibility index (Phi) is 6.56. The third kappa shape index (κ3) is 4.60. The lowest BCUT2D eigenvalue weighted by Gasteiger charge is -2.24. The Morgan fingerprint density at radius 1 is 1.14 bits per heavy atom. The second kappa shape index (κ2) is 9.11. The summed E-state index contributed by atoms with van der Waals surface area (Å²) >= 11 is 1.43. The maximum absolute atomic E-state index is 13.4. The molecule has 8 heteroatoms. The second-order valence-corrected chi connectivity index (χ2v) is 7.73. The Hall–Kier alpha value is -2.84. The minimum Gasteiger partial charge on any atom is -0.302 e. The normalized spacial score (nSPS) is 11.2. The molecule has 0 aliphatic rings. The number of rotatable bonds is 8. The maximum Gasteiger partial charge on any atom is 0.282 e. The number of likely N-dealkylation sites (N-methyl/N-ethyl adjacent to an activating group) is 1. The molecular formula is C21H24N4O3S. The number of carbonyl (C=O) groups excluding carboxylic acids is 1. The molecule has 0 saturated carbocycles. The van der Waals surface area contributed by atoms with E-state index in [1.807, 2.05) is 25.1 Å². The standard InChI is InChI=1S/C21H24N4O3S/c1-4-23(5-2)12-13-24(20(26)16-8-6-7-9-18(16)25(27)28)21-22-17-11-10-15(3)14-19(17)29-21/h6-11,14H,4-5,12-13H2,1-3H3. The van der Waals surface area contributed by atoms with Crippen molar-refractivity contribution in [1.82, 2.24) is 9.88 Å². The summed E-state index contributed by atoms with van der Waals surface area (Å²) in [5.74, 6) is -0.403. The number of fused-ring (bicyclic) bond motifs is 1. The Morgan fingerprint density at radius 3 is 2.55 bits per heavy atom. The molecule has 0 fully saturated rings. The van der Waals surface area contributed by atoms with Crippen LogP contribution in [0.4, 0.5) is 10.8 Å². The average molecular weight is 413 g/mol. The van der Waals surface area contributed by atoms with Crippen LogP contribution in [0.5, 0.6) is 0 Å². The summed E-state index contributed by atoms with van der Waals surface area (Å²) < 4.78 is 0.989. The van der Waals surface area contributed by atoms with E-state index in [4.69, 9.17) is 0 Å². The highest BCUT2D eigenvalue weighted by molar-refractivity contribution is 7.22. The van der Waals surface area contributed by atoms with Crippen LogP contribution in [0.2, 0.25) is 0 Å². The third-order valence-corrected chi connectivity index (χ3v) is 5.92. The molecule has 0 spiro atoms. The zero-order valence-electron chi connectivity index (χ0n) is 16.8. The van der Waals surface area contributed by atoms with Gasteiger partial charge >= 0.3 is 0 Å². The SMILES string of the molecule is CCN(CC)CCN(C(=O)c1ccccc1[N+](=O)[O-])c1nc2ccc(C)cc2s1. The smallest absolute Gasteiger partial charge is 0.282 e. The molecule has 152 valence electrons. The largest absolute Gasteiger partial charge is 0.302 e. The highest BCUT2D eigenvalue weighted by Crippen LogP contribution is 2.31. The van der Waals surface area contributed by atoms with Crippen LogP contribution in [-0.4, -0.2) is 46.9 Å². The van der Waals surface area contributed by atoms with Crippen molar-refractivity contribution in [2.24, 2.45) is 0 Å². The summed E-state index contributed by atoms with van der Waals surface area (Å²) in [5, 5.41) is 12.0. The first-order valence-electron chi connectivity index (χ1n) is 9.59. The fraction of sp³-hybridized carbons (Fsp3) is 0.333. The van der Waals surface area contributed by atoms with Crippen LogP contribution >= 0.6 is 11.3 Å². The number of nitro groups is 1. The van der Waals surface area contributed by atoms with Crippen LogP contribution in [0.15, 0.2) is 42.5 Å². The molecule has 0 aliphatic carbocycles. The van der Waals surface area contributed by atoms with E-state index in [1.165, 1.54) is 23.5 Å². The molecule has 0 unspecified atom stereocenters. The molecule has 0 N–H and O–H groups in total. The molecule has 0 radical (unpaired) electrons. The van der Waals surface area contributed by atoms with Gasteiger partial charge in [-0.25, -0.2) is 4.98 Å². The fourth-order valence-electron chi connectivity index (χ4n) is 3.16. The number of aromatic nitrogens is 1. The van der Waals surface area contributed by atoms with E-state index in [9.17, 15) is 14.9 Å². The topological polar surface area (TPSA) is 79.6 Å². The van der Waals surface area contributed by atoms with Crippen molar-refractivity contribution in [3.63, 3.8) is 0 Å². The molecule has 7 nitrogen and oxygen atoms in total. The predicted molar refractivity (Wildman–Crippen MR) is 117 cm³/mol. The average Bonchev–Trinajstić information content (AvgIpc) is 3.13. The number of aryl methyl sites for hydroxylation is 1. The third-order valence-electron chi connectivity index (χ3n) is 4.87. The van der Waals surface area contributed by atoms with Gasteiger partial charge in [-0.3, -0.25) is 19.8 Å². The van der Waals surface area contributed by atoms with Gasteiger partial charge in [0.15, 0.2) is 5.13 Å². The molecule has 0 atom stereocenters. The first-order chi connectivity index (χ1) is 13.9. The summed E-state index contributed by atoms with van der Waals surface area (Å²) in [5.41, 5.74) is 1.82. The fourth-order valence-corrected chi connectivity index (χ4v) is 4.25. The number of thiazole rings is 1. The minimum atomic E-state index is -0.516. The van der Waals surface area contributed by atoms with Gasteiger partial charge in [-0.1, -0.05) is 43.4 Å². The first-order valence-corrected chi connectivity index (χ1v) is 10.4. The first kappa shape index (κ1) is 20.9. The highest BCUT2D eigenvalue weighted by Gasteiger charge is 2.27. The number of nitrogens with zero attached hydrogens (tertiary/aromatic N) is 4. The van der Waals surface area contributed by atoms with E-state index < -0.39 is 10.8 Å². The van der Waals surface area contributed by atoms with E-state index >= 15 is 0 Å². The predicted octanol–water partition coefficient (Wildman–Crippen LogP) is 4.50. The van der Waals surface area contributed by atoms with Gasteiger partial charge < -0.3 is 4.90 Å². The van der Waals surface area contributed by atoms with Gasteiger partial charge in [0, 0.05) is 19.2 Å². The molecule has 1 aromatic heterocycles. The summed E-state index contributed by atoms with van der Waals surface area (Å²) in [6, 6.07) is 12.0. The molecule has 3 aromatic rings. The lowest BCUT2D eigenvalue weighted by molar-refractivity contribution is -0.385. The van der Waals surface area contributed by atoms with E-state index in [2.05, 4.69) is 23.7 Å². The molecule has 1 heterocycles. The van der Waals surface area contributed by atoms with E-state index in [-0.39, 0.29) is 11.3 Å². The summed E-state index contributed by atoms with van der Waals surface area (Å²) in [6.07, 6.45) is 0. The molecule has 0 aliphatic heterocycles. The molecule has 2 aromatic carbocycles. The molecule has 0 bridgehead atoms. The summed E-state index contributed by atoms with van der Waals surface area (Å²) in [7, 11) is 0. The van der Waals surface area contributed by atoms with Crippen LogP contribution in [0.1, 0.15) is 29.8 Å². The lowest BCUT2D eigenvalue weighted by Crippen LogP contribution is -2.39. The zero-order valence-corrected chi connectivity index (χ0v) is 17.6. The quantitative estimate of drug-likeness (QED) is 0.402. The van der Waals surface area contributed by atoms with Crippen molar-refractivity contribution in [2.45, 2.75) is 20.8 Å². The van der Waals surface area contributed by atoms with Gasteiger partial charge in [-0.15, -0.1) is 0 Å². The van der Waals surface area contributed by atoms with Crippen LogP contribution in [0.25, 0.3) is 10.2 Å². The van der Waals surface area contributed by atoms with Crippen LogP contribution in [0.3, 0.4) is 0 Å². The minimum absolute atomic E-state index is 0.0764. The van der Waals surface area contributed by atoms with Crippen LogP contribution in [-0.2, 0) is 0 Å².